The van der Waals surface area contributed by atoms with Crippen molar-refractivity contribution in [2.45, 2.75) is 24.7 Å². The van der Waals surface area contributed by atoms with Gasteiger partial charge >= 0.3 is 0 Å². The first-order chi connectivity index (χ1) is 14.4. The Bertz CT molecular complexity index is 1140. The molecule has 0 amide bonds. The average molecular weight is 423 g/mol. The molecule has 8 heteroatoms. The molecule has 1 aliphatic heterocycles. The van der Waals surface area contributed by atoms with Gasteiger partial charge in [0, 0.05) is 29.9 Å². The Morgan fingerprint density at radius 2 is 1.57 bits per heavy atom. The zero-order chi connectivity index (χ0) is 21.1. The maximum Gasteiger partial charge on any atom is 0.261 e. The van der Waals surface area contributed by atoms with Gasteiger partial charge in [0.15, 0.2) is 11.6 Å². The lowest BCUT2D eigenvalue weighted by Gasteiger charge is -2.15. The number of rotatable bonds is 6. The summed E-state index contributed by atoms with van der Waals surface area (Å²) in [4.78, 5) is 13.7. The molecule has 0 bridgehead atoms. The molecular weight excluding hydrogens is 400 g/mol. The molecular formula is C22H22N4O3S. The van der Waals surface area contributed by atoms with E-state index in [4.69, 9.17) is 0 Å². The molecule has 4 rings (SSSR count). The Labute approximate surface area is 175 Å². The van der Waals surface area contributed by atoms with Gasteiger partial charge in [-0.15, -0.1) is 10.2 Å². The topological polar surface area (TPSA) is 92.3 Å². The second kappa shape index (κ2) is 8.23. The van der Waals surface area contributed by atoms with Crippen LogP contribution in [0.25, 0.3) is 11.3 Å². The molecule has 2 heterocycles. The van der Waals surface area contributed by atoms with Crippen molar-refractivity contribution in [3.05, 3.63) is 66.2 Å². The van der Waals surface area contributed by atoms with Crippen LogP contribution in [0.1, 0.15) is 30.1 Å². The summed E-state index contributed by atoms with van der Waals surface area (Å²) in [5.74, 6) is 0.774. The Hall–Kier alpha value is -3.26. The summed E-state index contributed by atoms with van der Waals surface area (Å²) in [7, 11) is -3.74. The van der Waals surface area contributed by atoms with E-state index in [2.05, 4.69) is 19.8 Å². The highest BCUT2D eigenvalue weighted by Crippen LogP contribution is 2.23. The molecule has 0 saturated carbocycles. The second-order valence-electron chi connectivity index (χ2n) is 7.23. The van der Waals surface area contributed by atoms with Gasteiger partial charge in [0.05, 0.1) is 10.6 Å². The second-order valence-corrected chi connectivity index (χ2v) is 8.92. The fourth-order valence-corrected chi connectivity index (χ4v) is 4.44. The molecule has 0 atom stereocenters. The van der Waals surface area contributed by atoms with E-state index >= 15 is 0 Å². The maximum absolute atomic E-state index is 12.6. The molecule has 0 spiro atoms. The van der Waals surface area contributed by atoms with Crippen LogP contribution in [0.5, 0.6) is 0 Å². The van der Waals surface area contributed by atoms with Crippen molar-refractivity contribution in [2.24, 2.45) is 0 Å². The predicted octanol–water partition coefficient (Wildman–Crippen LogP) is 3.75. The summed E-state index contributed by atoms with van der Waals surface area (Å²) in [5.41, 5.74) is 2.49. The molecule has 0 radical (unpaired) electrons. The maximum atomic E-state index is 12.6. The van der Waals surface area contributed by atoms with E-state index in [1.165, 1.54) is 44.0 Å². The van der Waals surface area contributed by atoms with Crippen LogP contribution in [0.4, 0.5) is 11.5 Å². The minimum absolute atomic E-state index is 0.0972. The summed E-state index contributed by atoms with van der Waals surface area (Å²) < 4.78 is 27.7. The van der Waals surface area contributed by atoms with Gasteiger partial charge in [0.25, 0.3) is 10.0 Å². The minimum atomic E-state index is -3.74. The molecule has 30 heavy (non-hydrogen) atoms. The van der Waals surface area contributed by atoms with Crippen LogP contribution >= 0.6 is 0 Å². The van der Waals surface area contributed by atoms with Crippen LogP contribution in [0.15, 0.2) is 65.6 Å². The lowest BCUT2D eigenvalue weighted by atomic mass is 10.1. The Balaban J connectivity index is 1.47. The SMILES string of the molecule is CC(=O)c1ccc(S(=O)(=O)Nc2ccc(-c3ccc(N4CCCC4)nn3)cc2)cc1. The number of sulfonamides is 1. The van der Waals surface area contributed by atoms with Crippen LogP contribution in [-0.4, -0.2) is 37.5 Å². The minimum Gasteiger partial charge on any atom is -0.355 e. The van der Waals surface area contributed by atoms with Crippen molar-refractivity contribution in [1.82, 2.24) is 10.2 Å². The normalized spacial score (nSPS) is 14.0. The van der Waals surface area contributed by atoms with Crippen molar-refractivity contribution in [3.8, 4) is 11.3 Å². The molecule has 0 unspecified atom stereocenters. The monoisotopic (exact) mass is 422 g/mol. The van der Waals surface area contributed by atoms with Crippen molar-refractivity contribution in [2.75, 3.05) is 22.7 Å². The van der Waals surface area contributed by atoms with E-state index < -0.39 is 10.0 Å². The van der Waals surface area contributed by atoms with Crippen molar-refractivity contribution < 1.29 is 13.2 Å². The first kappa shape index (κ1) is 20.0. The lowest BCUT2D eigenvalue weighted by Crippen LogP contribution is -2.19. The van der Waals surface area contributed by atoms with E-state index in [0.29, 0.717) is 11.3 Å². The van der Waals surface area contributed by atoms with Crippen molar-refractivity contribution in [3.63, 3.8) is 0 Å². The van der Waals surface area contributed by atoms with Crippen LogP contribution in [0, 0.1) is 0 Å². The van der Waals surface area contributed by atoms with Gasteiger partial charge < -0.3 is 4.90 Å². The van der Waals surface area contributed by atoms with Crippen molar-refractivity contribution >= 4 is 27.3 Å². The Morgan fingerprint density at radius 1 is 0.900 bits per heavy atom. The summed E-state index contributed by atoms with van der Waals surface area (Å²) in [6.45, 7) is 3.47. The fourth-order valence-electron chi connectivity index (χ4n) is 3.39. The van der Waals surface area contributed by atoms with Crippen molar-refractivity contribution in [1.29, 1.82) is 0 Å². The van der Waals surface area contributed by atoms with Gasteiger partial charge in [-0.1, -0.05) is 24.3 Å². The van der Waals surface area contributed by atoms with Gasteiger partial charge in [-0.3, -0.25) is 9.52 Å². The molecule has 154 valence electrons. The largest absolute Gasteiger partial charge is 0.355 e. The third kappa shape index (κ3) is 4.33. The van der Waals surface area contributed by atoms with Gasteiger partial charge in [-0.2, -0.15) is 0 Å². The average Bonchev–Trinajstić information content (AvgIpc) is 3.29. The molecule has 1 fully saturated rings. The van der Waals surface area contributed by atoms with Crippen LogP contribution in [0.3, 0.4) is 0 Å². The molecule has 1 aliphatic rings. The van der Waals surface area contributed by atoms with Gasteiger partial charge in [-0.25, -0.2) is 8.42 Å². The number of nitrogens with one attached hydrogen (secondary N) is 1. The number of ketones is 1. The zero-order valence-corrected chi connectivity index (χ0v) is 17.4. The molecule has 1 saturated heterocycles. The fraction of sp³-hybridized carbons (Fsp3) is 0.227. The van der Waals surface area contributed by atoms with E-state index in [1.807, 2.05) is 12.1 Å². The molecule has 1 N–H and O–H groups in total. The number of benzene rings is 2. The number of nitrogens with zero attached hydrogens (tertiary/aromatic N) is 3. The number of aromatic nitrogens is 2. The highest BCUT2D eigenvalue weighted by Gasteiger charge is 2.16. The van der Waals surface area contributed by atoms with E-state index in [9.17, 15) is 13.2 Å². The Morgan fingerprint density at radius 3 is 2.13 bits per heavy atom. The molecule has 0 aliphatic carbocycles. The number of carbonyl (C=O) groups is 1. The molecule has 7 nitrogen and oxygen atoms in total. The van der Waals surface area contributed by atoms with Crippen LogP contribution in [-0.2, 0) is 10.0 Å². The molecule has 3 aromatic rings. The van der Waals surface area contributed by atoms with E-state index in [0.717, 1.165) is 30.2 Å². The highest BCUT2D eigenvalue weighted by molar-refractivity contribution is 7.92. The predicted molar refractivity (Wildman–Crippen MR) is 116 cm³/mol. The standard InChI is InChI=1S/C22H22N4O3S/c1-16(27)17-6-10-20(11-7-17)30(28,29)25-19-8-4-18(5-9-19)21-12-13-22(24-23-21)26-14-2-3-15-26/h4-13,25H,2-3,14-15H2,1H3. The third-order valence-electron chi connectivity index (χ3n) is 5.08. The number of anilines is 2. The van der Waals surface area contributed by atoms with Gasteiger partial charge in [0.2, 0.25) is 0 Å². The van der Waals surface area contributed by atoms with Crippen LogP contribution < -0.4 is 9.62 Å². The number of hydrogen-bond acceptors (Lipinski definition) is 6. The summed E-state index contributed by atoms with van der Waals surface area (Å²) >= 11 is 0. The summed E-state index contributed by atoms with van der Waals surface area (Å²) in [6.07, 6.45) is 2.36. The van der Waals surface area contributed by atoms with Gasteiger partial charge in [-0.05, 0) is 56.2 Å². The lowest BCUT2D eigenvalue weighted by molar-refractivity contribution is 0.101. The Kier molecular flexibility index (Phi) is 5.50. The zero-order valence-electron chi connectivity index (χ0n) is 16.6. The summed E-state index contributed by atoms with van der Waals surface area (Å²) in [6, 6.07) is 16.7. The summed E-state index contributed by atoms with van der Waals surface area (Å²) in [5, 5.41) is 8.63. The highest BCUT2D eigenvalue weighted by atomic mass is 32.2. The number of Topliss-reactive ketones (excluding diaryl/α,β-unsaturated/α-hetero) is 1. The molecule has 1 aromatic heterocycles. The number of hydrogen-bond donors (Lipinski definition) is 1. The van der Waals surface area contributed by atoms with E-state index in [1.54, 1.807) is 24.3 Å². The first-order valence-corrected chi connectivity index (χ1v) is 11.2. The first-order valence-electron chi connectivity index (χ1n) is 9.75. The van der Waals surface area contributed by atoms with Crippen LogP contribution in [0.2, 0.25) is 0 Å². The quantitative estimate of drug-likeness (QED) is 0.608. The number of carbonyl (C=O) groups excluding carboxylic acids is 1. The third-order valence-corrected chi connectivity index (χ3v) is 6.48. The van der Waals surface area contributed by atoms with E-state index in [-0.39, 0.29) is 10.7 Å². The molecule has 2 aromatic carbocycles. The smallest absolute Gasteiger partial charge is 0.261 e. The van der Waals surface area contributed by atoms with Gasteiger partial charge in [0.1, 0.15) is 0 Å².